The van der Waals surface area contributed by atoms with Crippen LogP contribution in [0.5, 0.6) is 5.75 Å². The molecule has 1 atom stereocenters. The van der Waals surface area contributed by atoms with E-state index in [1.165, 1.54) is 5.56 Å². The summed E-state index contributed by atoms with van der Waals surface area (Å²) in [5.41, 5.74) is 4.07. The number of nitrogens with zero attached hydrogens (tertiary/aromatic N) is 4. The maximum Gasteiger partial charge on any atom is 0.230 e. The number of hydrogen-bond donors (Lipinski definition) is 0. The van der Waals surface area contributed by atoms with Crippen LogP contribution in [0.15, 0.2) is 47.0 Å². The third-order valence-electron chi connectivity index (χ3n) is 7.22. The van der Waals surface area contributed by atoms with Gasteiger partial charge in [0, 0.05) is 43.2 Å². The zero-order chi connectivity index (χ0) is 24.5. The summed E-state index contributed by atoms with van der Waals surface area (Å²) in [6.07, 6.45) is 1.79. The second-order valence-corrected chi connectivity index (χ2v) is 9.46. The average Bonchev–Trinajstić information content (AvgIpc) is 3.53. The number of aryl methyl sites for hydroxylation is 2. The molecule has 5 rings (SSSR count). The van der Waals surface area contributed by atoms with Gasteiger partial charge in [0.15, 0.2) is 0 Å². The largest absolute Gasteiger partial charge is 0.497 e. The predicted octanol–water partition coefficient (Wildman–Crippen LogP) is 4.12. The summed E-state index contributed by atoms with van der Waals surface area (Å²) in [7, 11) is 1.63. The number of amides is 2. The van der Waals surface area contributed by atoms with Crippen LogP contribution in [-0.2, 0) is 9.59 Å². The molecule has 0 aliphatic carbocycles. The summed E-state index contributed by atoms with van der Waals surface area (Å²) in [6, 6.07) is 13.5. The van der Waals surface area contributed by atoms with Crippen LogP contribution < -0.4 is 9.64 Å². The van der Waals surface area contributed by atoms with Crippen LogP contribution in [0.4, 0.5) is 5.69 Å². The predicted molar refractivity (Wildman–Crippen MR) is 131 cm³/mol. The van der Waals surface area contributed by atoms with Crippen LogP contribution >= 0.6 is 0 Å². The normalized spacial score (nSPS) is 18.8. The summed E-state index contributed by atoms with van der Waals surface area (Å²) in [5.74, 6) is 1.83. The van der Waals surface area contributed by atoms with Gasteiger partial charge in [-0.2, -0.15) is 4.98 Å². The number of carbonyl (C=O) groups excluding carboxylic acids is 2. The number of anilines is 1. The lowest BCUT2D eigenvalue weighted by Gasteiger charge is -2.32. The molecule has 2 saturated heterocycles. The first kappa shape index (κ1) is 23.1. The van der Waals surface area contributed by atoms with Gasteiger partial charge in [0.25, 0.3) is 0 Å². The van der Waals surface area contributed by atoms with Crippen LogP contribution in [0.25, 0.3) is 11.4 Å². The van der Waals surface area contributed by atoms with E-state index in [-0.39, 0.29) is 30.1 Å². The van der Waals surface area contributed by atoms with E-state index in [0.29, 0.717) is 31.3 Å². The van der Waals surface area contributed by atoms with Gasteiger partial charge >= 0.3 is 0 Å². The fourth-order valence-electron chi connectivity index (χ4n) is 4.88. The Kier molecular flexibility index (Phi) is 6.28. The van der Waals surface area contributed by atoms with Gasteiger partial charge in [-0.15, -0.1) is 0 Å². The Labute approximate surface area is 204 Å². The molecular weight excluding hydrogens is 444 g/mol. The first-order valence-electron chi connectivity index (χ1n) is 12.1. The topological polar surface area (TPSA) is 88.8 Å². The minimum absolute atomic E-state index is 0.0124. The van der Waals surface area contributed by atoms with Gasteiger partial charge in [-0.25, -0.2) is 0 Å². The van der Waals surface area contributed by atoms with Gasteiger partial charge in [-0.05, 0) is 74.2 Å². The summed E-state index contributed by atoms with van der Waals surface area (Å²) in [4.78, 5) is 34.1. The van der Waals surface area contributed by atoms with Gasteiger partial charge in [0.05, 0.1) is 13.0 Å². The molecule has 0 bridgehead atoms. The number of ether oxygens (including phenoxy) is 1. The molecular formula is C27H30N4O4. The highest BCUT2D eigenvalue weighted by Gasteiger charge is 2.38. The van der Waals surface area contributed by atoms with Crippen molar-refractivity contribution in [3.63, 3.8) is 0 Å². The van der Waals surface area contributed by atoms with Crippen molar-refractivity contribution in [1.82, 2.24) is 15.0 Å². The van der Waals surface area contributed by atoms with E-state index >= 15 is 0 Å². The van der Waals surface area contributed by atoms with Crippen molar-refractivity contribution >= 4 is 17.5 Å². The monoisotopic (exact) mass is 474 g/mol. The lowest BCUT2D eigenvalue weighted by molar-refractivity contribution is -0.136. The second kappa shape index (κ2) is 9.52. The molecule has 2 fully saturated rings. The number of hydrogen-bond acceptors (Lipinski definition) is 6. The van der Waals surface area contributed by atoms with Crippen molar-refractivity contribution in [3.8, 4) is 17.1 Å². The third kappa shape index (κ3) is 4.65. The first-order chi connectivity index (χ1) is 16.9. The second-order valence-electron chi connectivity index (χ2n) is 9.46. The van der Waals surface area contributed by atoms with Crippen LogP contribution in [0.3, 0.4) is 0 Å². The summed E-state index contributed by atoms with van der Waals surface area (Å²) in [5, 5.41) is 4.14. The Morgan fingerprint density at radius 2 is 1.80 bits per heavy atom. The SMILES string of the molecule is COc1ccc(-c2noc(C3CCN(C(=O)C4CC(=O)N(c5ccc(C)c(C)c5)C4)CC3)n2)cc1. The zero-order valence-corrected chi connectivity index (χ0v) is 20.4. The van der Waals surface area contributed by atoms with Crippen molar-refractivity contribution in [2.24, 2.45) is 5.92 Å². The van der Waals surface area contributed by atoms with Crippen LogP contribution in [0.1, 0.15) is 42.2 Å². The fraction of sp³-hybridized carbons (Fsp3) is 0.407. The van der Waals surface area contributed by atoms with E-state index in [1.807, 2.05) is 54.3 Å². The fourth-order valence-corrected chi connectivity index (χ4v) is 4.88. The van der Waals surface area contributed by atoms with Crippen molar-refractivity contribution in [2.75, 3.05) is 31.6 Å². The summed E-state index contributed by atoms with van der Waals surface area (Å²) < 4.78 is 10.8. The molecule has 2 aromatic carbocycles. The van der Waals surface area contributed by atoms with Gasteiger partial charge in [0.2, 0.25) is 23.5 Å². The molecule has 35 heavy (non-hydrogen) atoms. The molecule has 2 aliphatic heterocycles. The number of methoxy groups -OCH3 is 1. The minimum Gasteiger partial charge on any atom is -0.497 e. The Morgan fingerprint density at radius 3 is 2.49 bits per heavy atom. The van der Waals surface area contributed by atoms with Gasteiger partial charge in [0.1, 0.15) is 5.75 Å². The molecule has 3 aromatic rings. The summed E-state index contributed by atoms with van der Waals surface area (Å²) in [6.45, 7) is 5.77. The Hall–Kier alpha value is -3.68. The Morgan fingerprint density at radius 1 is 1.06 bits per heavy atom. The maximum atomic E-state index is 13.2. The lowest BCUT2D eigenvalue weighted by Crippen LogP contribution is -2.42. The van der Waals surface area contributed by atoms with E-state index in [1.54, 1.807) is 12.0 Å². The number of piperidine rings is 1. The van der Waals surface area contributed by atoms with Gasteiger partial charge < -0.3 is 19.1 Å². The minimum atomic E-state index is -0.300. The number of rotatable bonds is 5. The molecule has 1 unspecified atom stereocenters. The van der Waals surface area contributed by atoms with Crippen molar-refractivity contribution in [2.45, 2.75) is 39.0 Å². The van der Waals surface area contributed by atoms with Crippen LogP contribution in [0.2, 0.25) is 0 Å². The smallest absolute Gasteiger partial charge is 0.230 e. The standard InChI is InChI=1S/C27H30N4O4/c1-17-4-7-22(14-18(17)2)31-16-21(15-24(31)32)27(33)30-12-10-20(11-13-30)26-28-25(29-35-26)19-5-8-23(34-3)9-6-19/h4-9,14,20-21H,10-13,15-16H2,1-3H3. The molecule has 8 heteroatoms. The average molecular weight is 475 g/mol. The molecule has 3 heterocycles. The molecule has 1 aromatic heterocycles. The van der Waals surface area contributed by atoms with Gasteiger partial charge in [-0.3, -0.25) is 9.59 Å². The highest BCUT2D eigenvalue weighted by molar-refractivity contribution is 6.00. The molecule has 0 saturated carbocycles. The van der Waals surface area contributed by atoms with E-state index in [4.69, 9.17) is 9.26 Å². The van der Waals surface area contributed by atoms with E-state index in [2.05, 4.69) is 17.1 Å². The highest BCUT2D eigenvalue weighted by Crippen LogP contribution is 2.32. The highest BCUT2D eigenvalue weighted by atomic mass is 16.5. The molecule has 182 valence electrons. The van der Waals surface area contributed by atoms with E-state index in [0.717, 1.165) is 35.4 Å². The van der Waals surface area contributed by atoms with Crippen molar-refractivity contribution in [1.29, 1.82) is 0 Å². The Bertz CT molecular complexity index is 1230. The lowest BCUT2D eigenvalue weighted by atomic mass is 9.95. The number of likely N-dealkylation sites (tertiary alicyclic amines) is 1. The van der Waals surface area contributed by atoms with Crippen LogP contribution in [0, 0.1) is 19.8 Å². The quantitative estimate of drug-likeness (QED) is 0.553. The van der Waals surface area contributed by atoms with Crippen LogP contribution in [-0.4, -0.2) is 53.6 Å². The number of carbonyl (C=O) groups is 2. The molecule has 2 amide bonds. The molecule has 2 aliphatic rings. The molecule has 0 radical (unpaired) electrons. The molecule has 0 spiro atoms. The summed E-state index contributed by atoms with van der Waals surface area (Å²) >= 11 is 0. The van der Waals surface area contributed by atoms with Gasteiger partial charge in [-0.1, -0.05) is 11.2 Å². The van der Waals surface area contributed by atoms with Crippen molar-refractivity contribution in [3.05, 3.63) is 59.5 Å². The number of benzene rings is 2. The number of aromatic nitrogens is 2. The molecule has 0 N–H and O–H groups in total. The molecule has 8 nitrogen and oxygen atoms in total. The first-order valence-corrected chi connectivity index (χ1v) is 12.1. The Balaban J connectivity index is 1.18. The maximum absolute atomic E-state index is 13.2. The van der Waals surface area contributed by atoms with E-state index in [9.17, 15) is 9.59 Å². The zero-order valence-electron chi connectivity index (χ0n) is 20.4. The third-order valence-corrected chi connectivity index (χ3v) is 7.22. The van der Waals surface area contributed by atoms with E-state index < -0.39 is 0 Å². The van der Waals surface area contributed by atoms with Crippen molar-refractivity contribution < 1.29 is 18.8 Å².